The maximum absolute atomic E-state index is 5.80. The first-order valence-electron chi connectivity index (χ1n) is 6.51. The summed E-state index contributed by atoms with van der Waals surface area (Å²) in [5, 5.41) is 6.54. The van der Waals surface area contributed by atoms with Gasteiger partial charge in [0.1, 0.15) is 5.69 Å². The molecule has 1 unspecified atom stereocenters. The van der Waals surface area contributed by atoms with Gasteiger partial charge in [-0.25, -0.2) is 5.43 Å². The molecule has 2 aromatic rings. The molecule has 3 N–H and O–H groups in total. The fraction of sp³-hybridized carbons (Fsp3) is 0.462. The molecule has 2 aromatic heterocycles. The Morgan fingerprint density at radius 1 is 1.57 bits per heavy atom. The van der Waals surface area contributed by atoms with Crippen molar-refractivity contribution in [3.8, 4) is 5.75 Å². The lowest BCUT2D eigenvalue weighted by Crippen LogP contribution is -2.31. The van der Waals surface area contributed by atoms with E-state index in [9.17, 15) is 0 Å². The first-order chi connectivity index (χ1) is 10.1. The second-order valence-electron chi connectivity index (χ2n) is 4.91. The second kappa shape index (κ2) is 7.54. The molecule has 116 valence electrons. The summed E-state index contributed by atoms with van der Waals surface area (Å²) in [6, 6.07) is 1.99. The molecule has 6 nitrogen and oxygen atoms in total. The van der Waals surface area contributed by atoms with Gasteiger partial charge in [-0.05, 0) is 53.7 Å². The third-order valence-electron chi connectivity index (χ3n) is 3.19. The molecule has 0 aliphatic heterocycles. The van der Waals surface area contributed by atoms with Gasteiger partial charge in [0.2, 0.25) is 0 Å². The average molecular weight is 421 g/mol. The van der Waals surface area contributed by atoms with Crippen molar-refractivity contribution in [2.45, 2.75) is 12.6 Å². The highest BCUT2D eigenvalue weighted by molar-refractivity contribution is 14.1. The average Bonchev–Trinajstić information content (AvgIpc) is 3.05. The zero-order valence-electron chi connectivity index (χ0n) is 12.3. The van der Waals surface area contributed by atoms with Gasteiger partial charge in [-0.3, -0.25) is 10.5 Å². The third-order valence-corrected chi connectivity index (χ3v) is 4.99. The Hall–Kier alpha value is -0.680. The predicted octanol–water partition coefficient (Wildman–Crippen LogP) is 1.67. The van der Waals surface area contributed by atoms with Crippen molar-refractivity contribution in [1.82, 2.24) is 20.1 Å². The van der Waals surface area contributed by atoms with E-state index in [0.717, 1.165) is 30.1 Å². The summed E-state index contributed by atoms with van der Waals surface area (Å²) >= 11 is 4.01. The number of nitrogens with two attached hydrogens (primary N) is 1. The lowest BCUT2D eigenvalue weighted by molar-refractivity contribution is 0.359. The molecule has 21 heavy (non-hydrogen) atoms. The van der Waals surface area contributed by atoms with Crippen molar-refractivity contribution in [3.63, 3.8) is 0 Å². The zero-order valence-corrected chi connectivity index (χ0v) is 15.3. The number of hydrazine groups is 1. The minimum absolute atomic E-state index is 0.135. The fourth-order valence-corrected chi connectivity index (χ4v) is 3.50. The number of rotatable bonds is 7. The second-order valence-corrected chi connectivity index (χ2v) is 7.71. The SMILES string of the molecule is COc1cnn(CCN(C)C)c1C(NN)c1csc(I)c1. The van der Waals surface area contributed by atoms with Crippen LogP contribution in [0.4, 0.5) is 0 Å². The van der Waals surface area contributed by atoms with Crippen LogP contribution in [-0.4, -0.2) is 42.4 Å². The molecule has 2 heterocycles. The number of ether oxygens (including phenoxy) is 1. The minimum Gasteiger partial charge on any atom is -0.493 e. The highest BCUT2D eigenvalue weighted by atomic mass is 127. The Kier molecular flexibility index (Phi) is 5.99. The monoisotopic (exact) mass is 421 g/mol. The van der Waals surface area contributed by atoms with E-state index in [2.05, 4.69) is 49.5 Å². The lowest BCUT2D eigenvalue weighted by atomic mass is 10.1. The van der Waals surface area contributed by atoms with Crippen molar-refractivity contribution >= 4 is 33.9 Å². The lowest BCUT2D eigenvalue weighted by Gasteiger charge is -2.19. The van der Waals surface area contributed by atoms with Crippen molar-refractivity contribution in [2.75, 3.05) is 27.7 Å². The van der Waals surface area contributed by atoms with Crippen LogP contribution in [0.2, 0.25) is 0 Å². The van der Waals surface area contributed by atoms with Crippen LogP contribution in [0.3, 0.4) is 0 Å². The van der Waals surface area contributed by atoms with Gasteiger partial charge in [-0.1, -0.05) is 0 Å². The maximum atomic E-state index is 5.80. The van der Waals surface area contributed by atoms with E-state index >= 15 is 0 Å². The number of methoxy groups -OCH3 is 1. The van der Waals surface area contributed by atoms with E-state index in [1.807, 2.05) is 18.8 Å². The normalized spacial score (nSPS) is 12.9. The van der Waals surface area contributed by atoms with E-state index in [-0.39, 0.29) is 6.04 Å². The van der Waals surface area contributed by atoms with Crippen molar-refractivity contribution < 1.29 is 4.74 Å². The number of halogens is 1. The van der Waals surface area contributed by atoms with E-state index in [4.69, 9.17) is 10.6 Å². The Bertz CT molecular complexity index is 583. The third kappa shape index (κ3) is 3.95. The van der Waals surface area contributed by atoms with Gasteiger partial charge in [-0.2, -0.15) is 5.10 Å². The molecule has 0 saturated carbocycles. The highest BCUT2D eigenvalue weighted by Gasteiger charge is 2.23. The number of nitrogens with zero attached hydrogens (tertiary/aromatic N) is 3. The molecule has 0 saturated heterocycles. The van der Waals surface area contributed by atoms with Crippen LogP contribution in [-0.2, 0) is 6.54 Å². The molecule has 0 radical (unpaired) electrons. The number of thiophene rings is 1. The summed E-state index contributed by atoms with van der Waals surface area (Å²) in [5.74, 6) is 6.55. The smallest absolute Gasteiger partial charge is 0.161 e. The van der Waals surface area contributed by atoms with E-state index in [1.54, 1.807) is 24.6 Å². The van der Waals surface area contributed by atoms with Crippen LogP contribution in [0.25, 0.3) is 0 Å². The minimum atomic E-state index is -0.135. The largest absolute Gasteiger partial charge is 0.493 e. The first kappa shape index (κ1) is 16.7. The van der Waals surface area contributed by atoms with Gasteiger partial charge in [0, 0.05) is 6.54 Å². The molecule has 0 aliphatic carbocycles. The number of hydrogen-bond acceptors (Lipinski definition) is 6. The molecular weight excluding hydrogens is 401 g/mol. The molecule has 2 rings (SSSR count). The maximum Gasteiger partial charge on any atom is 0.161 e. The van der Waals surface area contributed by atoms with Gasteiger partial charge < -0.3 is 9.64 Å². The Balaban J connectivity index is 2.36. The Labute approximate surface area is 142 Å². The number of hydrogen-bond donors (Lipinski definition) is 2. The van der Waals surface area contributed by atoms with Crippen LogP contribution in [0.15, 0.2) is 17.6 Å². The number of nitrogens with one attached hydrogen (secondary N) is 1. The van der Waals surface area contributed by atoms with Crippen LogP contribution in [0, 0.1) is 2.88 Å². The quantitative estimate of drug-likeness (QED) is 0.405. The molecule has 0 aliphatic rings. The zero-order chi connectivity index (χ0) is 15.4. The summed E-state index contributed by atoms with van der Waals surface area (Å²) in [6.45, 7) is 1.68. The Morgan fingerprint density at radius 2 is 2.33 bits per heavy atom. The van der Waals surface area contributed by atoms with Gasteiger partial charge in [0.25, 0.3) is 0 Å². The predicted molar refractivity (Wildman–Crippen MR) is 93.5 cm³/mol. The topological polar surface area (TPSA) is 68.3 Å². The van der Waals surface area contributed by atoms with Gasteiger partial charge >= 0.3 is 0 Å². The number of aromatic nitrogens is 2. The van der Waals surface area contributed by atoms with Gasteiger partial charge in [-0.15, -0.1) is 11.3 Å². The van der Waals surface area contributed by atoms with Gasteiger partial charge in [0.05, 0.1) is 28.8 Å². The fourth-order valence-electron chi connectivity index (χ4n) is 2.11. The van der Waals surface area contributed by atoms with E-state index in [0.29, 0.717) is 0 Å². The molecule has 0 spiro atoms. The number of likely N-dealkylation sites (N-methyl/N-ethyl adjacent to an activating group) is 1. The van der Waals surface area contributed by atoms with Gasteiger partial charge in [0.15, 0.2) is 5.75 Å². The molecule has 0 bridgehead atoms. The molecule has 8 heteroatoms. The standard InChI is InChI=1S/C13H20IN5OS/c1-18(2)4-5-19-13(10(20-3)7-16-19)12(17-15)9-6-11(14)21-8-9/h6-8,12,17H,4-5,15H2,1-3H3. The summed E-state index contributed by atoms with van der Waals surface area (Å²) in [5.41, 5.74) is 4.96. The highest BCUT2D eigenvalue weighted by Crippen LogP contribution is 2.32. The van der Waals surface area contributed by atoms with Crippen LogP contribution < -0.4 is 16.0 Å². The molecule has 0 fully saturated rings. The summed E-state index contributed by atoms with van der Waals surface area (Å²) in [4.78, 5) is 2.12. The van der Waals surface area contributed by atoms with Crippen molar-refractivity contribution in [1.29, 1.82) is 0 Å². The molecular formula is C13H20IN5OS. The van der Waals surface area contributed by atoms with E-state index < -0.39 is 0 Å². The van der Waals surface area contributed by atoms with Crippen LogP contribution in [0.1, 0.15) is 17.3 Å². The summed E-state index contributed by atoms with van der Waals surface area (Å²) < 4.78 is 8.63. The van der Waals surface area contributed by atoms with Crippen LogP contribution >= 0.6 is 33.9 Å². The molecule has 0 amide bonds. The Morgan fingerprint density at radius 3 is 2.86 bits per heavy atom. The van der Waals surface area contributed by atoms with Crippen molar-refractivity contribution in [3.05, 3.63) is 31.8 Å². The molecule has 0 aromatic carbocycles. The van der Waals surface area contributed by atoms with Crippen LogP contribution in [0.5, 0.6) is 5.75 Å². The first-order valence-corrected chi connectivity index (χ1v) is 8.47. The summed E-state index contributed by atoms with van der Waals surface area (Å²) in [7, 11) is 5.74. The van der Waals surface area contributed by atoms with E-state index in [1.165, 1.54) is 2.88 Å². The van der Waals surface area contributed by atoms with Crippen molar-refractivity contribution in [2.24, 2.45) is 5.84 Å². The molecule has 1 atom stereocenters. The summed E-state index contributed by atoms with van der Waals surface area (Å²) in [6.07, 6.45) is 1.74.